The number of carbonyl (C=O) groups is 3. The van der Waals surface area contributed by atoms with E-state index in [0.29, 0.717) is 19.5 Å². The Kier molecular flexibility index (Phi) is 10.3. The molecule has 0 radical (unpaired) electrons. The second kappa shape index (κ2) is 13.6. The summed E-state index contributed by atoms with van der Waals surface area (Å²) in [5, 5.41) is 17.0. The number of urea groups is 1. The van der Waals surface area contributed by atoms with E-state index < -0.39 is 30.4 Å². The molecule has 0 spiro atoms. The SMILES string of the molecule is CC(C)[C@@H](C(=O)N[C@@H](Cc1ccccc1)C[C@H](O)[C@H](Cc1ccccc1)OC(N)=O)N1CCCNC1=O. The van der Waals surface area contributed by atoms with Crippen molar-refractivity contribution in [2.45, 2.75) is 63.8 Å². The van der Waals surface area contributed by atoms with Gasteiger partial charge in [-0.05, 0) is 36.3 Å². The Morgan fingerprint density at radius 1 is 1.05 bits per heavy atom. The zero-order chi connectivity index (χ0) is 26.8. The minimum atomic E-state index is -1.09. The van der Waals surface area contributed by atoms with Gasteiger partial charge in [-0.25, -0.2) is 9.59 Å². The van der Waals surface area contributed by atoms with Crippen LogP contribution in [0.2, 0.25) is 0 Å². The number of nitrogens with two attached hydrogens (primary N) is 1. The number of primary amides is 1. The van der Waals surface area contributed by atoms with Crippen LogP contribution in [0, 0.1) is 5.92 Å². The van der Waals surface area contributed by atoms with Crippen molar-refractivity contribution < 1.29 is 24.2 Å². The molecule has 0 bridgehead atoms. The molecule has 0 saturated carbocycles. The minimum absolute atomic E-state index is 0.116. The van der Waals surface area contributed by atoms with E-state index >= 15 is 0 Å². The van der Waals surface area contributed by atoms with Crippen molar-refractivity contribution in [1.82, 2.24) is 15.5 Å². The number of nitrogens with one attached hydrogen (secondary N) is 2. The zero-order valence-corrected chi connectivity index (χ0v) is 21.5. The van der Waals surface area contributed by atoms with Crippen LogP contribution >= 0.6 is 0 Å². The third-order valence-corrected chi connectivity index (χ3v) is 6.52. The molecule has 0 unspecified atom stereocenters. The van der Waals surface area contributed by atoms with Crippen LogP contribution in [0.5, 0.6) is 0 Å². The topological polar surface area (TPSA) is 134 Å². The number of hydrogen-bond donors (Lipinski definition) is 4. The Morgan fingerprint density at radius 2 is 1.65 bits per heavy atom. The lowest BCUT2D eigenvalue weighted by Crippen LogP contribution is -2.59. The van der Waals surface area contributed by atoms with Crippen LogP contribution in [0.1, 0.15) is 37.8 Å². The highest BCUT2D eigenvalue weighted by Crippen LogP contribution is 2.19. The smallest absolute Gasteiger partial charge is 0.404 e. The van der Waals surface area contributed by atoms with E-state index in [2.05, 4.69) is 10.6 Å². The molecule has 1 aliphatic heterocycles. The second-order valence-electron chi connectivity index (χ2n) is 9.83. The van der Waals surface area contributed by atoms with Gasteiger partial charge in [-0.1, -0.05) is 74.5 Å². The van der Waals surface area contributed by atoms with Gasteiger partial charge in [0.1, 0.15) is 12.1 Å². The molecule has 9 heteroatoms. The molecule has 3 rings (SSSR count). The number of aliphatic hydroxyl groups excluding tert-OH is 1. The molecule has 37 heavy (non-hydrogen) atoms. The quantitative estimate of drug-likeness (QED) is 0.348. The highest BCUT2D eigenvalue weighted by molar-refractivity contribution is 5.87. The number of aliphatic hydroxyl groups is 1. The van der Waals surface area contributed by atoms with Crippen LogP contribution < -0.4 is 16.4 Å². The first-order valence-electron chi connectivity index (χ1n) is 12.8. The standard InChI is InChI=1S/C28H38N4O5/c1-19(2)25(32-15-9-14-30-28(32)36)26(34)31-22(16-20-10-5-3-6-11-20)18-23(33)24(37-27(29)35)17-21-12-7-4-8-13-21/h3-8,10-13,19,22-25,33H,9,14-18H2,1-2H3,(H2,29,35)(H,30,36)(H,31,34)/t22-,23-,24-,25-/m0/s1. The first-order chi connectivity index (χ1) is 17.7. The van der Waals surface area contributed by atoms with Crippen molar-refractivity contribution in [3.63, 3.8) is 0 Å². The second-order valence-corrected chi connectivity index (χ2v) is 9.83. The van der Waals surface area contributed by atoms with Crippen LogP contribution in [-0.2, 0) is 22.4 Å². The van der Waals surface area contributed by atoms with Gasteiger partial charge in [0.25, 0.3) is 0 Å². The highest BCUT2D eigenvalue weighted by Gasteiger charge is 2.35. The van der Waals surface area contributed by atoms with Crippen molar-refractivity contribution in [1.29, 1.82) is 0 Å². The highest BCUT2D eigenvalue weighted by atomic mass is 16.6. The van der Waals surface area contributed by atoms with Gasteiger partial charge < -0.3 is 31.1 Å². The Labute approximate surface area is 218 Å². The predicted octanol–water partition coefficient (Wildman–Crippen LogP) is 2.61. The van der Waals surface area contributed by atoms with Crippen LogP contribution in [-0.4, -0.2) is 65.4 Å². The number of nitrogens with zero attached hydrogens (tertiary/aromatic N) is 1. The number of amides is 4. The van der Waals surface area contributed by atoms with E-state index in [4.69, 9.17) is 10.5 Å². The Hall–Kier alpha value is -3.59. The Balaban J connectivity index is 1.79. The maximum atomic E-state index is 13.5. The molecular weight excluding hydrogens is 472 g/mol. The summed E-state index contributed by atoms with van der Waals surface area (Å²) in [6.07, 6.45) is -1.32. The lowest BCUT2D eigenvalue weighted by molar-refractivity contribution is -0.128. The molecule has 1 saturated heterocycles. The Morgan fingerprint density at radius 3 is 2.19 bits per heavy atom. The molecule has 1 aliphatic rings. The first kappa shape index (κ1) is 28.0. The van der Waals surface area contributed by atoms with Crippen molar-refractivity contribution in [3.8, 4) is 0 Å². The normalized spacial score (nSPS) is 16.9. The predicted molar refractivity (Wildman–Crippen MR) is 141 cm³/mol. The van der Waals surface area contributed by atoms with Crippen LogP contribution in [0.4, 0.5) is 9.59 Å². The first-order valence-corrected chi connectivity index (χ1v) is 12.8. The fourth-order valence-corrected chi connectivity index (χ4v) is 4.79. The monoisotopic (exact) mass is 510 g/mol. The van der Waals surface area contributed by atoms with E-state index in [-0.39, 0.29) is 30.7 Å². The van der Waals surface area contributed by atoms with Crippen LogP contribution in [0.25, 0.3) is 0 Å². The lowest BCUT2D eigenvalue weighted by Gasteiger charge is -2.37. The molecule has 9 nitrogen and oxygen atoms in total. The summed E-state index contributed by atoms with van der Waals surface area (Å²) in [5.41, 5.74) is 7.16. The summed E-state index contributed by atoms with van der Waals surface area (Å²) in [6.45, 7) is 4.90. The van der Waals surface area contributed by atoms with Crippen molar-refractivity contribution in [3.05, 3.63) is 71.8 Å². The summed E-state index contributed by atoms with van der Waals surface area (Å²) in [5.74, 6) is -0.397. The van der Waals surface area contributed by atoms with Crippen LogP contribution in [0.15, 0.2) is 60.7 Å². The fourth-order valence-electron chi connectivity index (χ4n) is 4.79. The molecule has 1 heterocycles. The van der Waals surface area contributed by atoms with Gasteiger partial charge in [-0.2, -0.15) is 0 Å². The summed E-state index contributed by atoms with van der Waals surface area (Å²) in [7, 11) is 0. The minimum Gasteiger partial charge on any atom is -0.443 e. The van der Waals surface area contributed by atoms with Gasteiger partial charge in [-0.15, -0.1) is 0 Å². The number of benzene rings is 2. The number of rotatable bonds is 12. The summed E-state index contributed by atoms with van der Waals surface area (Å²) >= 11 is 0. The van der Waals surface area contributed by atoms with E-state index in [1.54, 1.807) is 4.90 Å². The van der Waals surface area contributed by atoms with Crippen molar-refractivity contribution in [2.24, 2.45) is 11.7 Å². The molecule has 4 atom stereocenters. The molecule has 1 fully saturated rings. The molecule has 0 aliphatic carbocycles. The van der Waals surface area contributed by atoms with Gasteiger partial charge in [0.2, 0.25) is 5.91 Å². The summed E-state index contributed by atoms with van der Waals surface area (Å²) < 4.78 is 5.28. The average molecular weight is 511 g/mol. The van der Waals surface area contributed by atoms with E-state index in [9.17, 15) is 19.5 Å². The fraction of sp³-hybridized carbons (Fsp3) is 0.464. The number of ether oxygens (including phenoxy) is 1. The van der Waals surface area contributed by atoms with Gasteiger partial charge in [-0.3, -0.25) is 4.79 Å². The largest absolute Gasteiger partial charge is 0.443 e. The third kappa shape index (κ3) is 8.49. The molecule has 2 aromatic carbocycles. The molecule has 0 aromatic heterocycles. The third-order valence-electron chi connectivity index (χ3n) is 6.52. The summed E-state index contributed by atoms with van der Waals surface area (Å²) in [6, 6.07) is 17.6. The maximum Gasteiger partial charge on any atom is 0.404 e. The van der Waals surface area contributed by atoms with Crippen LogP contribution in [0.3, 0.4) is 0 Å². The van der Waals surface area contributed by atoms with E-state index in [0.717, 1.165) is 17.5 Å². The maximum absolute atomic E-state index is 13.5. The number of hydrogen-bond acceptors (Lipinski definition) is 5. The van der Waals surface area contributed by atoms with Gasteiger partial charge in [0.15, 0.2) is 0 Å². The lowest BCUT2D eigenvalue weighted by atomic mass is 9.94. The van der Waals surface area contributed by atoms with Gasteiger partial charge >= 0.3 is 12.1 Å². The molecule has 4 amide bonds. The Bertz CT molecular complexity index is 1020. The molecular formula is C28H38N4O5. The zero-order valence-electron chi connectivity index (χ0n) is 21.5. The van der Waals surface area contributed by atoms with Gasteiger partial charge in [0.05, 0.1) is 6.10 Å². The number of carbonyl (C=O) groups excluding carboxylic acids is 3. The van der Waals surface area contributed by atoms with Gasteiger partial charge in [0, 0.05) is 25.6 Å². The average Bonchev–Trinajstić information content (AvgIpc) is 2.85. The molecule has 2 aromatic rings. The van der Waals surface area contributed by atoms with E-state index in [1.807, 2.05) is 74.5 Å². The molecule has 5 N–H and O–H groups in total. The summed E-state index contributed by atoms with van der Waals surface area (Å²) in [4.78, 5) is 39.2. The van der Waals surface area contributed by atoms with Crippen molar-refractivity contribution >= 4 is 18.0 Å². The van der Waals surface area contributed by atoms with E-state index in [1.165, 1.54) is 0 Å². The van der Waals surface area contributed by atoms with Crippen molar-refractivity contribution in [2.75, 3.05) is 13.1 Å². The molecule has 200 valence electrons.